The molecule has 0 saturated carbocycles. The van der Waals surface area contributed by atoms with E-state index in [0.29, 0.717) is 13.1 Å². The van der Waals surface area contributed by atoms with Gasteiger partial charge in [-0.2, -0.15) is 0 Å². The summed E-state index contributed by atoms with van der Waals surface area (Å²) in [4.78, 5) is 26.1. The Morgan fingerprint density at radius 1 is 1.45 bits per heavy atom. The van der Waals surface area contributed by atoms with Crippen molar-refractivity contribution in [3.8, 4) is 5.75 Å². The average Bonchev–Trinajstić information content (AvgIpc) is 2.40. The molecule has 1 heterocycles. The van der Waals surface area contributed by atoms with Crippen molar-refractivity contribution in [2.45, 2.75) is 13.0 Å². The standard InChI is InChI=1S/C13H17N3O4/c1-9-8-15(6-5-14(9)2)13(18)10-3-4-11(16(19)20)12(17)7-10/h3-4,7,9,17H,5-6,8H2,1-2H3. The van der Waals surface area contributed by atoms with Crippen molar-refractivity contribution in [3.63, 3.8) is 0 Å². The number of piperazine rings is 1. The van der Waals surface area contributed by atoms with Crippen molar-refractivity contribution in [1.82, 2.24) is 9.80 Å². The molecule has 1 atom stereocenters. The van der Waals surface area contributed by atoms with Crippen molar-refractivity contribution in [2.24, 2.45) is 0 Å². The minimum atomic E-state index is -0.679. The largest absolute Gasteiger partial charge is 0.502 e. The highest BCUT2D eigenvalue weighted by Gasteiger charge is 2.26. The lowest BCUT2D eigenvalue weighted by molar-refractivity contribution is -0.385. The summed E-state index contributed by atoms with van der Waals surface area (Å²) in [5.74, 6) is -0.696. The molecule has 7 nitrogen and oxygen atoms in total. The lowest BCUT2D eigenvalue weighted by atomic mass is 10.1. The number of aromatic hydroxyl groups is 1. The fourth-order valence-corrected chi connectivity index (χ4v) is 2.23. The number of amides is 1. The zero-order valence-electron chi connectivity index (χ0n) is 11.4. The van der Waals surface area contributed by atoms with Crippen LogP contribution in [0.15, 0.2) is 18.2 Å². The molecule has 1 N–H and O–H groups in total. The summed E-state index contributed by atoms with van der Waals surface area (Å²) in [6.07, 6.45) is 0. The smallest absolute Gasteiger partial charge is 0.310 e. The van der Waals surface area contributed by atoms with Crippen LogP contribution in [0.2, 0.25) is 0 Å². The molecule has 20 heavy (non-hydrogen) atoms. The first-order valence-corrected chi connectivity index (χ1v) is 6.37. The van der Waals surface area contributed by atoms with Gasteiger partial charge in [0.25, 0.3) is 5.91 Å². The third-order valence-corrected chi connectivity index (χ3v) is 3.67. The molecule has 1 aliphatic heterocycles. The summed E-state index contributed by atoms with van der Waals surface area (Å²) in [6, 6.07) is 3.95. The summed E-state index contributed by atoms with van der Waals surface area (Å²) in [5, 5.41) is 20.2. The maximum absolute atomic E-state index is 12.3. The van der Waals surface area contributed by atoms with Gasteiger partial charge in [-0.3, -0.25) is 14.9 Å². The van der Waals surface area contributed by atoms with E-state index in [-0.39, 0.29) is 17.5 Å². The average molecular weight is 279 g/mol. The number of carbonyl (C=O) groups is 1. The van der Waals surface area contributed by atoms with Gasteiger partial charge in [0.1, 0.15) is 0 Å². The van der Waals surface area contributed by atoms with Gasteiger partial charge >= 0.3 is 5.69 Å². The number of phenolic OH excluding ortho intramolecular Hbond substituents is 1. The van der Waals surface area contributed by atoms with Crippen LogP contribution >= 0.6 is 0 Å². The molecule has 2 rings (SSSR count). The van der Waals surface area contributed by atoms with Crippen molar-refractivity contribution in [1.29, 1.82) is 0 Å². The number of carbonyl (C=O) groups excluding carboxylic acids is 1. The van der Waals surface area contributed by atoms with E-state index >= 15 is 0 Å². The van der Waals surface area contributed by atoms with Crippen LogP contribution < -0.4 is 0 Å². The van der Waals surface area contributed by atoms with Crippen LogP contribution in [0.4, 0.5) is 5.69 Å². The highest BCUT2D eigenvalue weighted by molar-refractivity contribution is 5.95. The molecular weight excluding hydrogens is 262 g/mol. The molecule has 0 aliphatic carbocycles. The number of nitro benzene ring substituents is 1. The van der Waals surface area contributed by atoms with E-state index < -0.39 is 16.4 Å². The van der Waals surface area contributed by atoms with Gasteiger partial charge in [0.05, 0.1) is 4.92 Å². The third kappa shape index (κ3) is 2.72. The van der Waals surface area contributed by atoms with Gasteiger partial charge in [-0.1, -0.05) is 0 Å². The van der Waals surface area contributed by atoms with Crippen molar-refractivity contribution in [2.75, 3.05) is 26.7 Å². The lowest BCUT2D eigenvalue weighted by Gasteiger charge is -2.37. The molecule has 0 radical (unpaired) electrons. The summed E-state index contributed by atoms with van der Waals surface area (Å²) >= 11 is 0. The topological polar surface area (TPSA) is 86.9 Å². The maximum Gasteiger partial charge on any atom is 0.310 e. The Kier molecular flexibility index (Phi) is 3.89. The second-order valence-electron chi connectivity index (χ2n) is 5.04. The van der Waals surface area contributed by atoms with Gasteiger partial charge in [0.2, 0.25) is 0 Å². The molecule has 7 heteroatoms. The van der Waals surface area contributed by atoms with Gasteiger partial charge in [0, 0.05) is 37.3 Å². The van der Waals surface area contributed by atoms with Crippen LogP contribution in [-0.4, -0.2) is 58.5 Å². The van der Waals surface area contributed by atoms with Crippen LogP contribution in [0, 0.1) is 10.1 Å². The molecule has 1 unspecified atom stereocenters. The van der Waals surface area contributed by atoms with E-state index in [2.05, 4.69) is 4.90 Å². The first-order valence-electron chi connectivity index (χ1n) is 6.37. The van der Waals surface area contributed by atoms with E-state index in [1.54, 1.807) is 4.90 Å². The summed E-state index contributed by atoms with van der Waals surface area (Å²) in [7, 11) is 2.00. The number of nitro groups is 1. The SMILES string of the molecule is CC1CN(C(=O)c2ccc([N+](=O)[O-])c(O)c2)CCN1C. The molecule has 0 aromatic heterocycles. The molecule has 1 aliphatic rings. The Morgan fingerprint density at radius 3 is 2.70 bits per heavy atom. The van der Waals surface area contributed by atoms with Crippen molar-refractivity contribution >= 4 is 11.6 Å². The van der Waals surface area contributed by atoms with E-state index in [0.717, 1.165) is 18.7 Å². The Morgan fingerprint density at radius 2 is 2.15 bits per heavy atom. The molecular formula is C13H17N3O4. The minimum Gasteiger partial charge on any atom is -0.502 e. The molecule has 0 spiro atoms. The van der Waals surface area contributed by atoms with Crippen LogP contribution in [0.25, 0.3) is 0 Å². The van der Waals surface area contributed by atoms with Crippen molar-refractivity contribution in [3.05, 3.63) is 33.9 Å². The van der Waals surface area contributed by atoms with Gasteiger partial charge in [-0.25, -0.2) is 0 Å². The quantitative estimate of drug-likeness (QED) is 0.646. The molecule has 1 aromatic carbocycles. The summed E-state index contributed by atoms with van der Waals surface area (Å²) in [6.45, 7) is 4.03. The van der Waals surface area contributed by atoms with E-state index in [4.69, 9.17) is 0 Å². The van der Waals surface area contributed by atoms with Gasteiger partial charge < -0.3 is 14.9 Å². The van der Waals surface area contributed by atoms with E-state index in [1.807, 2.05) is 14.0 Å². The number of phenols is 1. The maximum atomic E-state index is 12.3. The number of nitrogens with zero attached hydrogens (tertiary/aromatic N) is 3. The number of hydrogen-bond acceptors (Lipinski definition) is 5. The minimum absolute atomic E-state index is 0.213. The van der Waals surface area contributed by atoms with Gasteiger partial charge in [-0.15, -0.1) is 0 Å². The summed E-state index contributed by atoms with van der Waals surface area (Å²) in [5.41, 5.74) is -0.127. The second-order valence-corrected chi connectivity index (χ2v) is 5.04. The highest BCUT2D eigenvalue weighted by atomic mass is 16.6. The van der Waals surface area contributed by atoms with Crippen molar-refractivity contribution < 1.29 is 14.8 Å². The molecule has 1 aromatic rings. The first-order chi connectivity index (χ1) is 9.40. The van der Waals surface area contributed by atoms with Crippen LogP contribution in [-0.2, 0) is 0 Å². The number of likely N-dealkylation sites (N-methyl/N-ethyl adjacent to an activating group) is 1. The summed E-state index contributed by atoms with van der Waals surface area (Å²) < 4.78 is 0. The van der Waals surface area contributed by atoms with Gasteiger partial charge in [-0.05, 0) is 26.1 Å². The Balaban J connectivity index is 2.17. The zero-order chi connectivity index (χ0) is 14.9. The molecule has 0 bridgehead atoms. The number of benzene rings is 1. The molecule has 1 amide bonds. The Bertz CT molecular complexity index is 546. The predicted octanol–water partition coefficient (Wildman–Crippen LogP) is 1.08. The fraction of sp³-hybridized carbons (Fsp3) is 0.462. The predicted molar refractivity (Wildman–Crippen MR) is 72.8 cm³/mol. The van der Waals surface area contributed by atoms with Crippen LogP contribution in [0.5, 0.6) is 5.75 Å². The highest BCUT2D eigenvalue weighted by Crippen LogP contribution is 2.27. The monoisotopic (exact) mass is 279 g/mol. The lowest BCUT2D eigenvalue weighted by Crippen LogP contribution is -2.52. The van der Waals surface area contributed by atoms with Crippen LogP contribution in [0.1, 0.15) is 17.3 Å². The normalized spacial score (nSPS) is 19.9. The molecule has 1 saturated heterocycles. The Labute approximate surface area is 116 Å². The van der Waals surface area contributed by atoms with Gasteiger partial charge in [0.15, 0.2) is 5.75 Å². The van der Waals surface area contributed by atoms with Crippen LogP contribution in [0.3, 0.4) is 0 Å². The second kappa shape index (κ2) is 5.46. The molecule has 108 valence electrons. The zero-order valence-corrected chi connectivity index (χ0v) is 11.4. The molecule has 1 fully saturated rings. The Hall–Kier alpha value is -2.15. The number of rotatable bonds is 2. The van der Waals surface area contributed by atoms with E-state index in [9.17, 15) is 20.0 Å². The third-order valence-electron chi connectivity index (χ3n) is 3.67. The van der Waals surface area contributed by atoms with E-state index in [1.165, 1.54) is 6.07 Å². The number of hydrogen-bond donors (Lipinski definition) is 1. The fourth-order valence-electron chi connectivity index (χ4n) is 2.23. The first kappa shape index (κ1) is 14.3.